The quantitative estimate of drug-likeness (QED) is 0.944. The lowest BCUT2D eigenvalue weighted by Crippen LogP contribution is -2.39. The van der Waals surface area contributed by atoms with Gasteiger partial charge in [-0.1, -0.05) is 25.1 Å². The van der Waals surface area contributed by atoms with E-state index in [2.05, 4.69) is 22.2 Å². The van der Waals surface area contributed by atoms with Crippen LogP contribution < -0.4 is 5.32 Å². The average Bonchev–Trinajstić information content (AvgIpc) is 2.56. The van der Waals surface area contributed by atoms with Crippen molar-refractivity contribution in [1.29, 1.82) is 0 Å². The fourth-order valence-corrected chi connectivity index (χ4v) is 2.93. The summed E-state index contributed by atoms with van der Waals surface area (Å²) in [6.45, 7) is 5.84. The first kappa shape index (κ1) is 15.5. The molecule has 3 rings (SSSR count). The molecule has 1 aliphatic heterocycles. The van der Waals surface area contributed by atoms with Gasteiger partial charge in [0.25, 0.3) is 5.91 Å². The van der Waals surface area contributed by atoms with E-state index in [0.717, 1.165) is 30.8 Å². The van der Waals surface area contributed by atoms with Crippen LogP contribution in [0.2, 0.25) is 0 Å². The summed E-state index contributed by atoms with van der Waals surface area (Å²) in [6.07, 6.45) is 3.70. The molecule has 1 aromatic heterocycles. The predicted octanol–water partition coefficient (Wildman–Crippen LogP) is 3.40. The Bertz CT molecular complexity index is 701. The molecule has 1 aromatic carbocycles. The van der Waals surface area contributed by atoms with E-state index in [9.17, 15) is 4.79 Å². The lowest BCUT2D eigenvalue weighted by Gasteiger charge is -2.30. The molecule has 0 radical (unpaired) electrons. The van der Waals surface area contributed by atoms with Gasteiger partial charge in [-0.2, -0.15) is 0 Å². The number of rotatable bonds is 3. The van der Waals surface area contributed by atoms with Crippen LogP contribution in [0.15, 0.2) is 36.7 Å². The van der Waals surface area contributed by atoms with Gasteiger partial charge in [0.15, 0.2) is 0 Å². The van der Waals surface area contributed by atoms with Crippen molar-refractivity contribution in [2.75, 3.05) is 18.4 Å². The SMILES string of the molecule is Cc1ccccc1Nc1cc(C(=O)N2CCCC(C)C2)ncn1. The summed E-state index contributed by atoms with van der Waals surface area (Å²) in [5, 5.41) is 3.26. The summed E-state index contributed by atoms with van der Waals surface area (Å²) in [6, 6.07) is 9.72. The number of anilines is 2. The second kappa shape index (κ2) is 6.77. The Kier molecular flexibility index (Phi) is 4.55. The highest BCUT2D eigenvalue weighted by molar-refractivity contribution is 5.93. The Labute approximate surface area is 136 Å². The molecule has 0 spiro atoms. The number of nitrogens with one attached hydrogen (secondary N) is 1. The average molecular weight is 310 g/mol. The van der Waals surface area contributed by atoms with Crippen molar-refractivity contribution in [1.82, 2.24) is 14.9 Å². The topological polar surface area (TPSA) is 58.1 Å². The van der Waals surface area contributed by atoms with Gasteiger partial charge >= 0.3 is 0 Å². The van der Waals surface area contributed by atoms with E-state index in [4.69, 9.17) is 0 Å². The van der Waals surface area contributed by atoms with Crippen LogP contribution in [0, 0.1) is 12.8 Å². The van der Waals surface area contributed by atoms with Crippen molar-refractivity contribution in [3.05, 3.63) is 47.9 Å². The monoisotopic (exact) mass is 310 g/mol. The molecule has 1 unspecified atom stereocenters. The van der Waals surface area contributed by atoms with Crippen molar-refractivity contribution in [2.45, 2.75) is 26.7 Å². The summed E-state index contributed by atoms with van der Waals surface area (Å²) in [5.74, 6) is 1.19. The minimum absolute atomic E-state index is 0.00761. The standard InChI is InChI=1S/C18H22N4O/c1-13-6-5-9-22(11-13)18(23)16-10-17(20-12-19-16)21-15-8-4-3-7-14(15)2/h3-4,7-8,10,12-13H,5-6,9,11H2,1-2H3,(H,19,20,21). The van der Waals surface area contributed by atoms with Gasteiger partial charge in [-0.15, -0.1) is 0 Å². The maximum atomic E-state index is 12.6. The fourth-order valence-electron chi connectivity index (χ4n) is 2.93. The van der Waals surface area contributed by atoms with Gasteiger partial charge in [0.2, 0.25) is 0 Å². The number of piperidine rings is 1. The van der Waals surface area contributed by atoms with Crippen LogP contribution in [0.25, 0.3) is 0 Å². The Morgan fingerprint density at radius 1 is 1.30 bits per heavy atom. The number of aryl methyl sites for hydroxylation is 1. The third-order valence-corrected chi connectivity index (χ3v) is 4.24. The van der Waals surface area contributed by atoms with E-state index in [1.807, 2.05) is 36.1 Å². The van der Waals surface area contributed by atoms with Crippen molar-refractivity contribution >= 4 is 17.4 Å². The molecule has 0 saturated carbocycles. The Hall–Kier alpha value is -2.43. The van der Waals surface area contributed by atoms with Crippen molar-refractivity contribution < 1.29 is 4.79 Å². The molecule has 5 nitrogen and oxygen atoms in total. The number of benzene rings is 1. The zero-order chi connectivity index (χ0) is 16.2. The normalized spacial score (nSPS) is 17.8. The molecule has 1 atom stereocenters. The van der Waals surface area contributed by atoms with E-state index >= 15 is 0 Å². The number of amides is 1. The molecule has 0 aliphatic carbocycles. The largest absolute Gasteiger partial charge is 0.340 e. The van der Waals surface area contributed by atoms with E-state index < -0.39 is 0 Å². The number of carbonyl (C=O) groups excluding carboxylic acids is 1. The number of carbonyl (C=O) groups is 1. The first-order valence-corrected chi connectivity index (χ1v) is 8.07. The number of hydrogen-bond donors (Lipinski definition) is 1. The molecular weight excluding hydrogens is 288 g/mol. The smallest absolute Gasteiger partial charge is 0.272 e. The van der Waals surface area contributed by atoms with Crippen LogP contribution >= 0.6 is 0 Å². The summed E-state index contributed by atoms with van der Waals surface area (Å²) < 4.78 is 0. The van der Waals surface area contributed by atoms with Gasteiger partial charge in [-0.25, -0.2) is 9.97 Å². The first-order chi connectivity index (χ1) is 11.1. The molecule has 23 heavy (non-hydrogen) atoms. The van der Waals surface area contributed by atoms with Gasteiger partial charge in [-0.05, 0) is 37.3 Å². The van der Waals surface area contributed by atoms with E-state index in [1.165, 1.54) is 12.7 Å². The van der Waals surface area contributed by atoms with E-state index in [1.54, 1.807) is 6.07 Å². The van der Waals surface area contributed by atoms with Crippen LogP contribution in [-0.4, -0.2) is 33.9 Å². The third-order valence-electron chi connectivity index (χ3n) is 4.24. The first-order valence-electron chi connectivity index (χ1n) is 8.07. The number of aromatic nitrogens is 2. The Balaban J connectivity index is 1.77. The molecule has 2 heterocycles. The van der Waals surface area contributed by atoms with Crippen molar-refractivity contribution in [2.24, 2.45) is 5.92 Å². The fraction of sp³-hybridized carbons (Fsp3) is 0.389. The van der Waals surface area contributed by atoms with E-state index in [0.29, 0.717) is 17.4 Å². The Morgan fingerprint density at radius 3 is 2.91 bits per heavy atom. The minimum Gasteiger partial charge on any atom is -0.340 e. The molecule has 1 aliphatic rings. The van der Waals surface area contributed by atoms with Crippen LogP contribution in [0.5, 0.6) is 0 Å². The van der Waals surface area contributed by atoms with Crippen LogP contribution in [0.1, 0.15) is 35.8 Å². The number of para-hydroxylation sites is 1. The van der Waals surface area contributed by atoms with E-state index in [-0.39, 0.29) is 5.91 Å². The Morgan fingerprint density at radius 2 is 2.13 bits per heavy atom. The lowest BCUT2D eigenvalue weighted by molar-refractivity contribution is 0.0677. The highest BCUT2D eigenvalue weighted by atomic mass is 16.2. The van der Waals surface area contributed by atoms with Gasteiger partial charge in [-0.3, -0.25) is 4.79 Å². The molecule has 1 saturated heterocycles. The van der Waals surface area contributed by atoms with Crippen LogP contribution in [-0.2, 0) is 0 Å². The summed E-state index contributed by atoms with van der Waals surface area (Å²) in [7, 11) is 0. The van der Waals surface area contributed by atoms with Gasteiger partial charge < -0.3 is 10.2 Å². The summed E-state index contributed by atoms with van der Waals surface area (Å²) >= 11 is 0. The minimum atomic E-state index is -0.00761. The summed E-state index contributed by atoms with van der Waals surface area (Å²) in [4.78, 5) is 22.9. The van der Waals surface area contributed by atoms with Gasteiger partial charge in [0.1, 0.15) is 17.8 Å². The lowest BCUT2D eigenvalue weighted by atomic mass is 10.00. The second-order valence-corrected chi connectivity index (χ2v) is 6.23. The molecule has 5 heteroatoms. The number of likely N-dealkylation sites (tertiary alicyclic amines) is 1. The highest BCUT2D eigenvalue weighted by Crippen LogP contribution is 2.20. The molecule has 1 amide bonds. The maximum Gasteiger partial charge on any atom is 0.272 e. The molecule has 0 bridgehead atoms. The van der Waals surface area contributed by atoms with Crippen molar-refractivity contribution in [3.63, 3.8) is 0 Å². The maximum absolute atomic E-state index is 12.6. The zero-order valence-electron chi connectivity index (χ0n) is 13.6. The predicted molar refractivity (Wildman–Crippen MR) is 90.8 cm³/mol. The van der Waals surface area contributed by atoms with Crippen LogP contribution in [0.3, 0.4) is 0 Å². The third kappa shape index (κ3) is 3.67. The molecule has 120 valence electrons. The zero-order valence-corrected chi connectivity index (χ0v) is 13.6. The molecule has 1 fully saturated rings. The molecule has 2 aromatic rings. The van der Waals surface area contributed by atoms with Gasteiger partial charge in [0.05, 0.1) is 0 Å². The highest BCUT2D eigenvalue weighted by Gasteiger charge is 2.23. The molecule has 1 N–H and O–H groups in total. The second-order valence-electron chi connectivity index (χ2n) is 6.23. The van der Waals surface area contributed by atoms with Crippen LogP contribution in [0.4, 0.5) is 11.5 Å². The summed E-state index contributed by atoms with van der Waals surface area (Å²) in [5.41, 5.74) is 2.56. The number of nitrogens with zero attached hydrogens (tertiary/aromatic N) is 3. The molecular formula is C18H22N4O. The van der Waals surface area contributed by atoms with Crippen molar-refractivity contribution in [3.8, 4) is 0 Å². The van der Waals surface area contributed by atoms with Gasteiger partial charge in [0, 0.05) is 24.8 Å². The number of hydrogen-bond acceptors (Lipinski definition) is 4.